The quantitative estimate of drug-likeness (QED) is 0.632. The Morgan fingerprint density at radius 2 is 2.11 bits per heavy atom. The maximum absolute atomic E-state index is 11.7. The molecule has 0 aliphatic rings. The highest BCUT2D eigenvalue weighted by Crippen LogP contribution is 2.18. The summed E-state index contributed by atoms with van der Waals surface area (Å²) in [6, 6.07) is 3.75. The highest BCUT2D eigenvalue weighted by molar-refractivity contribution is 7.89. The summed E-state index contributed by atoms with van der Waals surface area (Å²) in [5, 5.41) is 7.72. The normalized spacial score (nSPS) is 11.0. The minimum absolute atomic E-state index is 0.135. The van der Waals surface area contributed by atoms with E-state index in [1.807, 2.05) is 0 Å². The van der Waals surface area contributed by atoms with E-state index in [0.29, 0.717) is 13.0 Å². The topological polar surface area (TPSA) is 89.3 Å². The van der Waals surface area contributed by atoms with Gasteiger partial charge in [0.05, 0.1) is 4.90 Å². The maximum Gasteiger partial charge on any atom is 0.251 e. The largest absolute Gasteiger partial charge is 0.352 e. The second kappa shape index (κ2) is 5.99. The lowest BCUT2D eigenvalue weighted by atomic mass is 10.2. The zero-order valence-electron chi connectivity index (χ0n) is 9.52. The van der Waals surface area contributed by atoms with Crippen molar-refractivity contribution in [3.05, 3.63) is 41.4 Å². The van der Waals surface area contributed by atoms with E-state index >= 15 is 0 Å². The predicted molar refractivity (Wildman–Crippen MR) is 70.0 cm³/mol. The molecule has 0 saturated carbocycles. The van der Waals surface area contributed by atoms with Crippen molar-refractivity contribution in [1.29, 1.82) is 0 Å². The second-order valence-corrected chi connectivity index (χ2v) is 5.55. The van der Waals surface area contributed by atoms with Crippen LogP contribution < -0.4 is 10.5 Å². The minimum Gasteiger partial charge on any atom is -0.352 e. The zero-order valence-corrected chi connectivity index (χ0v) is 11.1. The fourth-order valence-corrected chi connectivity index (χ4v) is 2.13. The van der Waals surface area contributed by atoms with Crippen LogP contribution in [0.3, 0.4) is 0 Å². The van der Waals surface area contributed by atoms with Crippen LogP contribution in [0.4, 0.5) is 0 Å². The van der Waals surface area contributed by atoms with E-state index in [1.165, 1.54) is 18.2 Å². The Kier molecular flexibility index (Phi) is 4.89. The number of carbonyl (C=O) groups excluding carboxylic acids is 1. The Bertz CT molecular complexity index is 570. The van der Waals surface area contributed by atoms with Gasteiger partial charge in [-0.25, -0.2) is 13.6 Å². The first-order valence-corrected chi connectivity index (χ1v) is 6.99. The lowest BCUT2D eigenvalue weighted by molar-refractivity contribution is 0.0954. The molecule has 0 spiro atoms. The number of benzene rings is 1. The number of amides is 1. The van der Waals surface area contributed by atoms with Crippen LogP contribution in [0.2, 0.25) is 5.02 Å². The van der Waals surface area contributed by atoms with Crippen LogP contribution in [0.1, 0.15) is 16.8 Å². The van der Waals surface area contributed by atoms with Gasteiger partial charge < -0.3 is 5.32 Å². The van der Waals surface area contributed by atoms with Gasteiger partial charge in [-0.3, -0.25) is 4.79 Å². The summed E-state index contributed by atoms with van der Waals surface area (Å²) in [4.78, 5) is 11.5. The predicted octanol–water partition coefficient (Wildman–Crippen LogP) is 1.29. The number of primary sulfonamides is 1. The highest BCUT2D eigenvalue weighted by atomic mass is 35.5. The molecule has 1 amide bonds. The van der Waals surface area contributed by atoms with E-state index < -0.39 is 15.9 Å². The van der Waals surface area contributed by atoms with Crippen molar-refractivity contribution in [2.45, 2.75) is 11.3 Å². The van der Waals surface area contributed by atoms with Crippen LogP contribution >= 0.6 is 11.6 Å². The molecule has 1 rings (SSSR count). The minimum atomic E-state index is -3.89. The van der Waals surface area contributed by atoms with E-state index in [2.05, 4.69) is 11.9 Å². The van der Waals surface area contributed by atoms with Gasteiger partial charge in [0.25, 0.3) is 5.91 Å². The Morgan fingerprint density at radius 1 is 1.44 bits per heavy atom. The number of nitrogens with two attached hydrogens (primary N) is 1. The summed E-state index contributed by atoms with van der Waals surface area (Å²) in [6.07, 6.45) is 2.28. The van der Waals surface area contributed by atoms with E-state index in [4.69, 9.17) is 16.7 Å². The Hall–Kier alpha value is -1.37. The summed E-state index contributed by atoms with van der Waals surface area (Å²) in [5.41, 5.74) is 0.149. The first-order valence-electron chi connectivity index (χ1n) is 5.07. The molecule has 0 radical (unpaired) electrons. The maximum atomic E-state index is 11.7. The van der Waals surface area contributed by atoms with Gasteiger partial charge in [0.15, 0.2) is 0 Å². The summed E-state index contributed by atoms with van der Waals surface area (Å²) in [7, 11) is -3.89. The molecule has 3 N–H and O–H groups in total. The van der Waals surface area contributed by atoms with Crippen LogP contribution in [0.5, 0.6) is 0 Å². The number of carbonyl (C=O) groups is 1. The molecular formula is C11H13ClN2O3S. The van der Waals surface area contributed by atoms with Crippen LogP contribution in [-0.4, -0.2) is 20.9 Å². The van der Waals surface area contributed by atoms with Gasteiger partial charge in [-0.15, -0.1) is 6.58 Å². The third-order valence-corrected chi connectivity index (χ3v) is 3.21. The Labute approximate surface area is 111 Å². The van der Waals surface area contributed by atoms with Gasteiger partial charge in [-0.2, -0.15) is 0 Å². The standard InChI is InChI=1S/C11H13ClN2O3S/c1-2-3-4-14-11(15)8-5-9(12)7-10(6-8)18(13,16)17/h2,5-7H,1,3-4H2,(H,14,15)(H2,13,16,17). The van der Waals surface area contributed by atoms with Gasteiger partial charge in [0, 0.05) is 17.1 Å². The van der Waals surface area contributed by atoms with Crippen molar-refractivity contribution < 1.29 is 13.2 Å². The molecule has 1 aromatic carbocycles. The number of hydrogen-bond donors (Lipinski definition) is 2. The number of sulfonamides is 1. The third kappa shape index (κ3) is 4.14. The number of hydrogen-bond acceptors (Lipinski definition) is 3. The number of nitrogens with one attached hydrogen (secondary N) is 1. The van der Waals surface area contributed by atoms with Crippen molar-refractivity contribution in [1.82, 2.24) is 5.32 Å². The van der Waals surface area contributed by atoms with Gasteiger partial charge in [-0.05, 0) is 24.6 Å². The molecule has 1 aromatic rings. The zero-order chi connectivity index (χ0) is 13.8. The molecule has 5 nitrogen and oxygen atoms in total. The molecular weight excluding hydrogens is 276 g/mol. The van der Waals surface area contributed by atoms with E-state index in [9.17, 15) is 13.2 Å². The van der Waals surface area contributed by atoms with Crippen molar-refractivity contribution in [3.8, 4) is 0 Å². The average Bonchev–Trinajstić information content (AvgIpc) is 2.27. The molecule has 7 heteroatoms. The van der Waals surface area contributed by atoms with Crippen LogP contribution in [0.25, 0.3) is 0 Å². The van der Waals surface area contributed by atoms with E-state index in [-0.39, 0.29) is 15.5 Å². The Balaban J connectivity index is 2.99. The van der Waals surface area contributed by atoms with E-state index in [1.54, 1.807) is 6.08 Å². The van der Waals surface area contributed by atoms with Crippen LogP contribution in [0.15, 0.2) is 35.7 Å². The lowest BCUT2D eigenvalue weighted by Crippen LogP contribution is -2.24. The molecule has 0 atom stereocenters. The molecule has 0 unspecified atom stereocenters. The van der Waals surface area contributed by atoms with Crippen molar-refractivity contribution in [2.24, 2.45) is 5.14 Å². The van der Waals surface area contributed by atoms with Gasteiger partial charge in [-0.1, -0.05) is 17.7 Å². The van der Waals surface area contributed by atoms with Crippen molar-refractivity contribution in [3.63, 3.8) is 0 Å². The van der Waals surface area contributed by atoms with E-state index in [0.717, 1.165) is 0 Å². The summed E-state index contributed by atoms with van der Waals surface area (Å²) in [6.45, 7) is 3.94. The molecule has 0 saturated heterocycles. The summed E-state index contributed by atoms with van der Waals surface area (Å²) >= 11 is 5.75. The lowest BCUT2D eigenvalue weighted by Gasteiger charge is -2.06. The van der Waals surface area contributed by atoms with Crippen LogP contribution in [-0.2, 0) is 10.0 Å². The summed E-state index contributed by atoms with van der Waals surface area (Å²) < 4.78 is 22.4. The first kappa shape index (κ1) is 14.7. The average molecular weight is 289 g/mol. The van der Waals surface area contributed by atoms with Gasteiger partial charge in [0.2, 0.25) is 10.0 Å². The van der Waals surface area contributed by atoms with Crippen LogP contribution in [0, 0.1) is 0 Å². The van der Waals surface area contributed by atoms with Gasteiger partial charge in [0.1, 0.15) is 0 Å². The molecule has 0 heterocycles. The molecule has 18 heavy (non-hydrogen) atoms. The molecule has 0 aliphatic carbocycles. The second-order valence-electron chi connectivity index (χ2n) is 3.55. The van der Waals surface area contributed by atoms with Gasteiger partial charge >= 0.3 is 0 Å². The third-order valence-electron chi connectivity index (χ3n) is 2.10. The Morgan fingerprint density at radius 3 is 2.67 bits per heavy atom. The monoisotopic (exact) mass is 288 g/mol. The fraction of sp³-hybridized carbons (Fsp3) is 0.182. The SMILES string of the molecule is C=CCCNC(=O)c1cc(Cl)cc(S(N)(=O)=O)c1. The molecule has 98 valence electrons. The molecule has 0 bridgehead atoms. The smallest absolute Gasteiger partial charge is 0.251 e. The fourth-order valence-electron chi connectivity index (χ4n) is 1.25. The molecule has 0 aliphatic heterocycles. The molecule has 0 aromatic heterocycles. The first-order chi connectivity index (χ1) is 8.34. The highest BCUT2D eigenvalue weighted by Gasteiger charge is 2.13. The number of rotatable bonds is 5. The van der Waals surface area contributed by atoms with Crippen molar-refractivity contribution >= 4 is 27.5 Å². The van der Waals surface area contributed by atoms with Crippen molar-refractivity contribution in [2.75, 3.05) is 6.54 Å². The number of halogens is 1. The summed E-state index contributed by atoms with van der Waals surface area (Å²) in [5.74, 6) is -0.413. The molecule has 0 fully saturated rings.